The number of phenolic OH excluding ortho intramolecular Hbond substituents is 1. The van der Waals surface area contributed by atoms with Gasteiger partial charge in [-0.25, -0.2) is 0 Å². The Balaban J connectivity index is 2.80. The first-order chi connectivity index (χ1) is 7.38. The summed E-state index contributed by atoms with van der Waals surface area (Å²) in [6, 6.07) is 6.03. The van der Waals surface area contributed by atoms with E-state index >= 15 is 0 Å². The zero-order valence-electron chi connectivity index (χ0n) is 9.57. The molecule has 0 aliphatic heterocycles. The Bertz CT molecular complexity index is 588. The third-order valence-corrected chi connectivity index (χ3v) is 2.45. The second-order valence-corrected chi connectivity index (χ2v) is 4.91. The summed E-state index contributed by atoms with van der Waals surface area (Å²) in [6.07, 6.45) is 0. The lowest BCUT2D eigenvalue weighted by Gasteiger charge is -2.17. The van der Waals surface area contributed by atoms with Crippen molar-refractivity contribution in [3.63, 3.8) is 0 Å². The summed E-state index contributed by atoms with van der Waals surface area (Å²) < 4.78 is 5.63. The van der Waals surface area contributed by atoms with E-state index in [1.165, 1.54) is 18.2 Å². The maximum Gasteiger partial charge on any atom is 0.192 e. The summed E-state index contributed by atoms with van der Waals surface area (Å²) in [4.78, 5) is 11.8. The van der Waals surface area contributed by atoms with Gasteiger partial charge < -0.3 is 9.52 Å². The fourth-order valence-electron chi connectivity index (χ4n) is 1.51. The fourth-order valence-corrected chi connectivity index (χ4v) is 1.51. The van der Waals surface area contributed by atoms with Gasteiger partial charge in [0.1, 0.15) is 17.1 Å². The van der Waals surface area contributed by atoms with Crippen LogP contribution in [-0.4, -0.2) is 5.11 Å². The Morgan fingerprint density at radius 2 is 1.88 bits per heavy atom. The molecule has 0 bridgehead atoms. The zero-order chi connectivity index (χ0) is 11.9. The second kappa shape index (κ2) is 3.37. The lowest BCUT2D eigenvalue weighted by atomic mass is 9.92. The Kier molecular flexibility index (Phi) is 2.26. The maximum absolute atomic E-state index is 11.8. The van der Waals surface area contributed by atoms with Gasteiger partial charge in [0, 0.05) is 17.5 Å². The first-order valence-corrected chi connectivity index (χ1v) is 5.15. The van der Waals surface area contributed by atoms with Crippen molar-refractivity contribution in [2.75, 3.05) is 0 Å². The first kappa shape index (κ1) is 10.7. The van der Waals surface area contributed by atoms with Crippen LogP contribution in [0.25, 0.3) is 11.0 Å². The smallest absolute Gasteiger partial charge is 0.192 e. The third kappa shape index (κ3) is 1.81. The predicted molar refractivity (Wildman–Crippen MR) is 62.8 cm³/mol. The van der Waals surface area contributed by atoms with E-state index in [0.29, 0.717) is 16.7 Å². The number of hydrogen-bond acceptors (Lipinski definition) is 3. The van der Waals surface area contributed by atoms with Gasteiger partial charge in [-0.05, 0) is 12.1 Å². The Labute approximate surface area is 93.3 Å². The highest BCUT2D eigenvalue weighted by Crippen LogP contribution is 2.25. The van der Waals surface area contributed by atoms with Crippen molar-refractivity contribution < 1.29 is 9.52 Å². The average Bonchev–Trinajstić information content (AvgIpc) is 2.15. The molecule has 1 aromatic heterocycles. The van der Waals surface area contributed by atoms with Crippen molar-refractivity contribution in [1.82, 2.24) is 0 Å². The van der Waals surface area contributed by atoms with E-state index in [9.17, 15) is 9.90 Å². The van der Waals surface area contributed by atoms with Crippen LogP contribution in [0.3, 0.4) is 0 Å². The van der Waals surface area contributed by atoms with Gasteiger partial charge in [0.15, 0.2) is 5.43 Å². The predicted octanol–water partition coefficient (Wildman–Crippen LogP) is 2.80. The van der Waals surface area contributed by atoms with Crippen molar-refractivity contribution in [2.45, 2.75) is 26.2 Å². The highest BCUT2D eigenvalue weighted by Gasteiger charge is 2.18. The van der Waals surface area contributed by atoms with Gasteiger partial charge in [-0.3, -0.25) is 4.79 Å². The molecule has 0 saturated heterocycles. The second-order valence-electron chi connectivity index (χ2n) is 4.91. The minimum Gasteiger partial charge on any atom is -0.508 e. The Hall–Kier alpha value is -1.77. The lowest BCUT2D eigenvalue weighted by molar-refractivity contribution is 0.419. The monoisotopic (exact) mass is 218 g/mol. The van der Waals surface area contributed by atoms with Crippen LogP contribution >= 0.6 is 0 Å². The first-order valence-electron chi connectivity index (χ1n) is 5.15. The van der Waals surface area contributed by atoms with Gasteiger partial charge >= 0.3 is 0 Å². The molecular weight excluding hydrogens is 204 g/mol. The Morgan fingerprint density at radius 3 is 2.50 bits per heavy atom. The van der Waals surface area contributed by atoms with E-state index in [4.69, 9.17) is 4.42 Å². The summed E-state index contributed by atoms with van der Waals surface area (Å²) >= 11 is 0. The molecule has 0 saturated carbocycles. The molecule has 2 aromatic rings. The normalized spacial score (nSPS) is 11.9. The number of phenols is 1. The molecule has 0 fully saturated rings. The van der Waals surface area contributed by atoms with Crippen LogP contribution in [0.15, 0.2) is 33.5 Å². The van der Waals surface area contributed by atoms with Crippen LogP contribution in [0.2, 0.25) is 0 Å². The molecule has 16 heavy (non-hydrogen) atoms. The van der Waals surface area contributed by atoms with Gasteiger partial charge in [-0.15, -0.1) is 0 Å². The molecule has 0 amide bonds. The lowest BCUT2D eigenvalue weighted by Crippen LogP contribution is -2.14. The van der Waals surface area contributed by atoms with E-state index in [0.717, 1.165) is 0 Å². The average molecular weight is 218 g/mol. The van der Waals surface area contributed by atoms with E-state index in [-0.39, 0.29) is 16.6 Å². The van der Waals surface area contributed by atoms with Crippen molar-refractivity contribution >= 4 is 11.0 Å². The Morgan fingerprint density at radius 1 is 1.19 bits per heavy atom. The summed E-state index contributed by atoms with van der Waals surface area (Å²) in [5, 5.41) is 9.84. The fraction of sp³-hybridized carbons (Fsp3) is 0.308. The quantitative estimate of drug-likeness (QED) is 0.739. The summed E-state index contributed by atoms with van der Waals surface area (Å²) in [7, 11) is 0. The van der Waals surface area contributed by atoms with Gasteiger partial charge in [0.05, 0.1) is 5.39 Å². The van der Waals surface area contributed by atoms with Crippen molar-refractivity contribution in [3.05, 3.63) is 40.2 Å². The molecule has 0 radical (unpaired) electrons. The maximum atomic E-state index is 11.8. The molecule has 0 aliphatic rings. The van der Waals surface area contributed by atoms with Crippen LogP contribution in [0, 0.1) is 0 Å². The molecule has 84 valence electrons. The van der Waals surface area contributed by atoms with Crippen molar-refractivity contribution in [1.29, 1.82) is 0 Å². The number of benzene rings is 1. The van der Waals surface area contributed by atoms with Crippen molar-refractivity contribution in [3.8, 4) is 5.75 Å². The molecule has 3 heteroatoms. The highest BCUT2D eigenvalue weighted by molar-refractivity contribution is 5.77. The minimum absolute atomic E-state index is 0.0776. The largest absolute Gasteiger partial charge is 0.508 e. The SMILES string of the molecule is CC(C)(C)c1cc(=O)c2ccc(O)cc2o1. The van der Waals surface area contributed by atoms with Crippen LogP contribution in [0.5, 0.6) is 5.75 Å². The van der Waals surface area contributed by atoms with Crippen LogP contribution in [0.1, 0.15) is 26.5 Å². The standard InChI is InChI=1S/C13H14O3/c1-13(2,3)12-7-10(15)9-5-4-8(14)6-11(9)16-12/h4-7,14H,1-3H3. The molecular formula is C13H14O3. The van der Waals surface area contributed by atoms with Crippen LogP contribution in [0.4, 0.5) is 0 Å². The molecule has 3 nitrogen and oxygen atoms in total. The molecule has 1 N–H and O–H groups in total. The van der Waals surface area contributed by atoms with Crippen LogP contribution < -0.4 is 5.43 Å². The molecule has 0 atom stereocenters. The summed E-state index contributed by atoms with van der Waals surface area (Å²) in [6.45, 7) is 5.92. The third-order valence-electron chi connectivity index (χ3n) is 2.45. The van der Waals surface area contributed by atoms with Crippen molar-refractivity contribution in [2.24, 2.45) is 0 Å². The zero-order valence-corrected chi connectivity index (χ0v) is 9.57. The molecule has 0 spiro atoms. The minimum atomic E-state index is -0.223. The molecule has 1 aromatic carbocycles. The van der Waals surface area contributed by atoms with E-state index in [1.807, 2.05) is 20.8 Å². The number of aromatic hydroxyl groups is 1. The molecule has 2 rings (SSSR count). The summed E-state index contributed by atoms with van der Waals surface area (Å²) in [5.41, 5.74) is 0.127. The summed E-state index contributed by atoms with van der Waals surface area (Å²) in [5.74, 6) is 0.720. The van der Waals surface area contributed by atoms with Gasteiger partial charge in [0.2, 0.25) is 0 Å². The number of rotatable bonds is 0. The number of hydrogen-bond donors (Lipinski definition) is 1. The highest BCUT2D eigenvalue weighted by atomic mass is 16.3. The van der Waals surface area contributed by atoms with Gasteiger partial charge in [0.25, 0.3) is 0 Å². The van der Waals surface area contributed by atoms with Gasteiger partial charge in [-0.2, -0.15) is 0 Å². The van der Waals surface area contributed by atoms with Gasteiger partial charge in [-0.1, -0.05) is 20.8 Å². The molecule has 0 unspecified atom stereocenters. The van der Waals surface area contributed by atoms with E-state index < -0.39 is 0 Å². The molecule has 1 heterocycles. The van der Waals surface area contributed by atoms with Crippen LogP contribution in [-0.2, 0) is 5.41 Å². The number of fused-ring (bicyclic) bond motifs is 1. The van der Waals surface area contributed by atoms with E-state index in [2.05, 4.69) is 0 Å². The van der Waals surface area contributed by atoms with E-state index in [1.54, 1.807) is 6.07 Å². The molecule has 0 aliphatic carbocycles. The topological polar surface area (TPSA) is 50.4 Å².